The quantitative estimate of drug-likeness (QED) is 0.763. The molecular weight excluding hydrogens is 206 g/mol. The molecule has 4 nitrogen and oxygen atoms in total. The van der Waals surface area contributed by atoms with Crippen LogP contribution in [0.5, 0.6) is 0 Å². The zero-order valence-corrected chi connectivity index (χ0v) is 9.32. The molecule has 88 valence electrons. The van der Waals surface area contributed by atoms with Gasteiger partial charge in [-0.15, -0.1) is 0 Å². The van der Waals surface area contributed by atoms with Gasteiger partial charge in [-0.05, 0) is 37.5 Å². The summed E-state index contributed by atoms with van der Waals surface area (Å²) >= 11 is 0. The van der Waals surface area contributed by atoms with E-state index in [1.165, 1.54) is 0 Å². The van der Waals surface area contributed by atoms with Crippen molar-refractivity contribution in [3.8, 4) is 0 Å². The third kappa shape index (κ3) is 1.51. The van der Waals surface area contributed by atoms with E-state index in [0.717, 1.165) is 45.2 Å². The van der Waals surface area contributed by atoms with Gasteiger partial charge >= 0.3 is 5.97 Å². The van der Waals surface area contributed by atoms with Crippen LogP contribution in [0.15, 0.2) is 0 Å². The average Bonchev–Trinajstić information content (AvgIpc) is 3.11. The molecule has 3 aliphatic rings. The van der Waals surface area contributed by atoms with Crippen molar-refractivity contribution in [3.63, 3.8) is 0 Å². The minimum absolute atomic E-state index is 0.0478. The van der Waals surface area contributed by atoms with Crippen LogP contribution < -0.4 is 0 Å². The largest absolute Gasteiger partial charge is 0.481 e. The van der Waals surface area contributed by atoms with Crippen LogP contribution in [0, 0.1) is 17.3 Å². The van der Waals surface area contributed by atoms with Crippen LogP contribution >= 0.6 is 0 Å². The molecule has 3 fully saturated rings. The Labute approximate surface area is 94.6 Å². The molecular formula is C12H17NO3. The molecule has 0 aromatic carbocycles. The molecule has 3 rings (SSSR count). The number of carbonyl (C=O) groups excluding carboxylic acids is 1. The standard InChI is InChI=1S/C12H17NO3/c14-10(8-1-2-8)13-5-3-12(4-6-13)7-9(12)11(15)16/h8-9H,1-7H2,(H,15,16). The van der Waals surface area contributed by atoms with Crippen molar-refractivity contribution in [3.05, 3.63) is 0 Å². The van der Waals surface area contributed by atoms with E-state index in [0.29, 0.717) is 11.8 Å². The smallest absolute Gasteiger partial charge is 0.307 e. The van der Waals surface area contributed by atoms with Crippen molar-refractivity contribution in [1.82, 2.24) is 4.90 Å². The molecule has 16 heavy (non-hydrogen) atoms. The first-order chi connectivity index (χ1) is 7.62. The summed E-state index contributed by atoms with van der Waals surface area (Å²) in [6.07, 6.45) is 4.72. The van der Waals surface area contributed by atoms with E-state index in [4.69, 9.17) is 5.11 Å². The van der Waals surface area contributed by atoms with Crippen LogP contribution in [0.3, 0.4) is 0 Å². The van der Waals surface area contributed by atoms with Crippen molar-refractivity contribution >= 4 is 11.9 Å². The van der Waals surface area contributed by atoms with Crippen LogP contribution in [0.2, 0.25) is 0 Å². The lowest BCUT2D eigenvalue weighted by atomic mass is 9.90. The zero-order valence-electron chi connectivity index (χ0n) is 9.32. The number of carboxylic acid groups (broad SMARTS) is 1. The summed E-state index contributed by atoms with van der Waals surface area (Å²) in [6.45, 7) is 1.55. The summed E-state index contributed by atoms with van der Waals surface area (Å²) in [7, 11) is 0. The van der Waals surface area contributed by atoms with Crippen LogP contribution in [0.1, 0.15) is 32.1 Å². The second-order valence-electron chi connectivity index (χ2n) is 5.56. The topological polar surface area (TPSA) is 57.6 Å². The average molecular weight is 223 g/mol. The number of hydrogen-bond acceptors (Lipinski definition) is 2. The van der Waals surface area contributed by atoms with Crippen LogP contribution in [0.4, 0.5) is 0 Å². The van der Waals surface area contributed by atoms with Gasteiger partial charge in [-0.25, -0.2) is 0 Å². The molecule has 0 aromatic rings. The highest BCUT2D eigenvalue weighted by Gasteiger charge is 2.59. The van der Waals surface area contributed by atoms with Crippen molar-refractivity contribution in [1.29, 1.82) is 0 Å². The lowest BCUT2D eigenvalue weighted by Gasteiger charge is -2.32. The lowest BCUT2D eigenvalue weighted by Crippen LogP contribution is -2.40. The molecule has 1 amide bonds. The molecule has 1 aliphatic heterocycles. The fraction of sp³-hybridized carbons (Fsp3) is 0.833. The van der Waals surface area contributed by atoms with Gasteiger partial charge in [-0.3, -0.25) is 9.59 Å². The fourth-order valence-corrected chi connectivity index (χ4v) is 3.01. The number of piperidine rings is 1. The molecule has 4 heteroatoms. The van der Waals surface area contributed by atoms with Crippen LogP contribution in [-0.2, 0) is 9.59 Å². The van der Waals surface area contributed by atoms with Crippen molar-refractivity contribution in [2.24, 2.45) is 17.3 Å². The number of likely N-dealkylation sites (tertiary alicyclic amines) is 1. The Kier molecular flexibility index (Phi) is 2.03. The highest BCUT2D eigenvalue weighted by Crippen LogP contribution is 2.59. The van der Waals surface area contributed by atoms with Gasteiger partial charge in [-0.1, -0.05) is 0 Å². The summed E-state index contributed by atoms with van der Waals surface area (Å²) in [6, 6.07) is 0. The third-order valence-electron chi connectivity index (χ3n) is 4.49. The Morgan fingerprint density at radius 2 is 1.81 bits per heavy atom. The van der Waals surface area contributed by atoms with Gasteiger partial charge in [0.2, 0.25) is 5.91 Å². The van der Waals surface area contributed by atoms with Gasteiger partial charge in [0.25, 0.3) is 0 Å². The van der Waals surface area contributed by atoms with Crippen LogP contribution in [-0.4, -0.2) is 35.0 Å². The Morgan fingerprint density at radius 3 is 2.25 bits per heavy atom. The Bertz CT molecular complexity index is 340. The normalized spacial score (nSPS) is 31.5. The van der Waals surface area contributed by atoms with E-state index in [9.17, 15) is 9.59 Å². The summed E-state index contributed by atoms with van der Waals surface area (Å²) in [4.78, 5) is 24.6. The number of aliphatic carboxylic acids is 1. The summed E-state index contributed by atoms with van der Waals surface area (Å²) < 4.78 is 0. The van der Waals surface area contributed by atoms with Crippen molar-refractivity contribution in [2.75, 3.05) is 13.1 Å². The second kappa shape index (κ2) is 3.22. The molecule has 2 aliphatic carbocycles. The highest BCUT2D eigenvalue weighted by atomic mass is 16.4. The molecule has 2 saturated carbocycles. The molecule has 1 heterocycles. The number of nitrogens with zero attached hydrogens (tertiary/aromatic N) is 1. The van der Waals surface area contributed by atoms with Gasteiger partial charge in [0.05, 0.1) is 5.92 Å². The lowest BCUT2D eigenvalue weighted by molar-refractivity contribution is -0.140. The van der Waals surface area contributed by atoms with Gasteiger partial charge in [0.1, 0.15) is 0 Å². The van der Waals surface area contributed by atoms with Gasteiger partial charge < -0.3 is 10.0 Å². The maximum atomic E-state index is 11.8. The number of carbonyl (C=O) groups is 2. The maximum absolute atomic E-state index is 11.8. The highest BCUT2D eigenvalue weighted by molar-refractivity contribution is 5.81. The van der Waals surface area contributed by atoms with E-state index in [1.807, 2.05) is 4.90 Å². The molecule has 1 unspecified atom stereocenters. The predicted octanol–water partition coefficient (Wildman–Crippen LogP) is 1.11. The van der Waals surface area contributed by atoms with E-state index in [1.54, 1.807) is 0 Å². The van der Waals surface area contributed by atoms with E-state index >= 15 is 0 Å². The van der Waals surface area contributed by atoms with Gasteiger partial charge in [0, 0.05) is 19.0 Å². The minimum Gasteiger partial charge on any atom is -0.481 e. The zero-order chi connectivity index (χ0) is 11.3. The molecule has 0 radical (unpaired) electrons. The maximum Gasteiger partial charge on any atom is 0.307 e. The number of hydrogen-bond donors (Lipinski definition) is 1. The number of amides is 1. The van der Waals surface area contributed by atoms with Crippen molar-refractivity contribution in [2.45, 2.75) is 32.1 Å². The summed E-state index contributed by atoms with van der Waals surface area (Å²) in [5.74, 6) is -0.182. The predicted molar refractivity (Wildman–Crippen MR) is 56.7 cm³/mol. The molecule has 0 aromatic heterocycles. The minimum atomic E-state index is -0.651. The summed E-state index contributed by atoms with van der Waals surface area (Å²) in [5, 5.41) is 8.96. The van der Waals surface area contributed by atoms with Gasteiger partial charge in [0.15, 0.2) is 0 Å². The van der Waals surface area contributed by atoms with Crippen LogP contribution in [0.25, 0.3) is 0 Å². The molecule has 0 bridgehead atoms. The summed E-state index contributed by atoms with van der Waals surface area (Å²) in [5.41, 5.74) is 0.0478. The first-order valence-corrected chi connectivity index (χ1v) is 6.14. The SMILES string of the molecule is O=C(O)C1CC12CCN(C(=O)C1CC1)CC2. The number of rotatable bonds is 2. The fourth-order valence-electron chi connectivity index (χ4n) is 3.01. The second-order valence-corrected chi connectivity index (χ2v) is 5.56. The first kappa shape index (κ1) is 10.1. The van der Waals surface area contributed by atoms with E-state index < -0.39 is 5.97 Å². The Hall–Kier alpha value is -1.06. The molecule has 1 saturated heterocycles. The molecule has 1 spiro atoms. The Balaban J connectivity index is 1.56. The first-order valence-electron chi connectivity index (χ1n) is 6.14. The van der Waals surface area contributed by atoms with Gasteiger partial charge in [-0.2, -0.15) is 0 Å². The van der Waals surface area contributed by atoms with E-state index in [-0.39, 0.29) is 11.3 Å². The van der Waals surface area contributed by atoms with E-state index in [2.05, 4.69) is 0 Å². The third-order valence-corrected chi connectivity index (χ3v) is 4.49. The Morgan fingerprint density at radius 1 is 1.19 bits per heavy atom. The monoisotopic (exact) mass is 223 g/mol. The molecule has 1 N–H and O–H groups in total. The number of carboxylic acids is 1. The van der Waals surface area contributed by atoms with Crippen molar-refractivity contribution < 1.29 is 14.7 Å². The molecule has 1 atom stereocenters.